The minimum Gasteiger partial charge on any atom is -0.309 e. The molecule has 0 saturated carbocycles. The van der Waals surface area contributed by atoms with Crippen molar-refractivity contribution in [1.82, 2.24) is 4.57 Å². The maximum Gasteiger partial charge on any atom is 0.0541 e. The van der Waals surface area contributed by atoms with Crippen LogP contribution in [0.3, 0.4) is 0 Å². The van der Waals surface area contributed by atoms with Gasteiger partial charge in [0.05, 0.1) is 11.0 Å². The molecule has 1 aromatic heterocycles. The number of aromatic nitrogens is 1. The van der Waals surface area contributed by atoms with Gasteiger partial charge in [-0.15, -0.1) is 0 Å². The average molecular weight is 476 g/mol. The average Bonchev–Trinajstić information content (AvgIpc) is 3.19. The van der Waals surface area contributed by atoms with Crippen LogP contribution < -0.4 is 0 Å². The summed E-state index contributed by atoms with van der Waals surface area (Å²) in [5.41, 5.74) is 7.51. The molecule has 0 fully saturated rings. The Morgan fingerprint density at radius 1 is 0.688 bits per heavy atom. The third kappa shape index (κ3) is 3.32. The molecule has 5 aromatic rings. The lowest BCUT2D eigenvalue weighted by molar-refractivity contribution is 0.853. The first-order chi connectivity index (χ1) is 15.8. The van der Waals surface area contributed by atoms with Crippen molar-refractivity contribution in [1.29, 1.82) is 0 Å². The largest absolute Gasteiger partial charge is 0.309 e. The molecule has 6 rings (SSSR count). The number of para-hydroxylation sites is 1. The molecule has 0 aliphatic heterocycles. The molecule has 1 nitrogen and oxygen atoms in total. The molecule has 1 unspecified atom stereocenters. The third-order valence-electron chi connectivity index (χ3n) is 6.41. The summed E-state index contributed by atoms with van der Waals surface area (Å²) >= 11 is 3.54. The number of hydrogen-bond donors (Lipinski definition) is 0. The quantitative estimate of drug-likeness (QED) is 0.245. The molecule has 0 radical (unpaired) electrons. The summed E-state index contributed by atoms with van der Waals surface area (Å²) in [6.07, 6.45) is 9.89. The smallest absolute Gasteiger partial charge is 0.0541 e. The molecule has 32 heavy (non-hydrogen) atoms. The molecule has 0 N–H and O–H groups in total. The van der Waals surface area contributed by atoms with E-state index in [1.165, 1.54) is 44.2 Å². The fraction of sp³-hybridized carbons (Fsp3) is 0.0667. The van der Waals surface area contributed by atoms with Gasteiger partial charge in [0.2, 0.25) is 0 Å². The van der Waals surface area contributed by atoms with E-state index in [-0.39, 0.29) is 0 Å². The number of hydrogen-bond acceptors (Lipinski definition) is 0. The molecule has 4 aromatic carbocycles. The van der Waals surface area contributed by atoms with Crippen LogP contribution in [0.4, 0.5) is 0 Å². The molecule has 0 spiro atoms. The van der Waals surface area contributed by atoms with E-state index in [2.05, 4.69) is 136 Å². The van der Waals surface area contributed by atoms with Gasteiger partial charge in [0, 0.05) is 26.9 Å². The predicted molar refractivity (Wildman–Crippen MR) is 140 cm³/mol. The van der Waals surface area contributed by atoms with Crippen LogP contribution >= 0.6 is 15.9 Å². The minimum atomic E-state index is 0.473. The Bertz CT molecular complexity index is 1480. The van der Waals surface area contributed by atoms with Crippen molar-refractivity contribution in [2.45, 2.75) is 12.3 Å². The Morgan fingerprint density at radius 3 is 2.22 bits per heavy atom. The molecule has 2 heteroatoms. The van der Waals surface area contributed by atoms with Crippen molar-refractivity contribution in [2.24, 2.45) is 0 Å². The molecule has 0 saturated heterocycles. The SMILES string of the molecule is Brc1ccc(-c2ccc3c(c2)c2ccccc2n3-c2ccc(C3C=CC=CC3)cc2)cc1. The van der Waals surface area contributed by atoms with Crippen LogP contribution in [0.5, 0.6) is 0 Å². The zero-order valence-corrected chi connectivity index (χ0v) is 19.2. The number of nitrogens with zero attached hydrogens (tertiary/aromatic N) is 1. The second kappa shape index (κ2) is 7.96. The topological polar surface area (TPSA) is 4.93 Å². The molecule has 1 atom stereocenters. The highest BCUT2D eigenvalue weighted by molar-refractivity contribution is 9.10. The fourth-order valence-corrected chi connectivity index (χ4v) is 5.04. The fourth-order valence-electron chi connectivity index (χ4n) is 4.77. The summed E-state index contributed by atoms with van der Waals surface area (Å²) in [5.74, 6) is 0.473. The van der Waals surface area contributed by atoms with Gasteiger partial charge >= 0.3 is 0 Å². The van der Waals surface area contributed by atoms with E-state index in [0.717, 1.165) is 10.9 Å². The van der Waals surface area contributed by atoms with E-state index >= 15 is 0 Å². The van der Waals surface area contributed by atoms with E-state index < -0.39 is 0 Å². The van der Waals surface area contributed by atoms with Crippen LogP contribution in [0.15, 0.2) is 120 Å². The van der Waals surface area contributed by atoms with Crippen molar-refractivity contribution in [3.63, 3.8) is 0 Å². The summed E-state index contributed by atoms with van der Waals surface area (Å²) in [6, 6.07) is 33.1. The van der Waals surface area contributed by atoms with E-state index in [4.69, 9.17) is 0 Å². The second-order valence-corrected chi connectivity index (χ2v) is 9.25. The van der Waals surface area contributed by atoms with E-state index in [9.17, 15) is 0 Å². The number of rotatable bonds is 3. The normalized spacial score (nSPS) is 15.6. The Morgan fingerprint density at radius 2 is 1.44 bits per heavy atom. The lowest BCUT2D eigenvalue weighted by Crippen LogP contribution is -1.98. The van der Waals surface area contributed by atoms with Crippen LogP contribution in [-0.4, -0.2) is 4.57 Å². The van der Waals surface area contributed by atoms with Crippen molar-refractivity contribution in [3.8, 4) is 16.8 Å². The molecule has 0 bridgehead atoms. The van der Waals surface area contributed by atoms with Crippen molar-refractivity contribution < 1.29 is 0 Å². The number of halogens is 1. The highest BCUT2D eigenvalue weighted by Crippen LogP contribution is 2.35. The Kier molecular flexibility index (Phi) is 4.81. The minimum absolute atomic E-state index is 0.473. The van der Waals surface area contributed by atoms with Gasteiger partial charge in [-0.1, -0.05) is 88.8 Å². The van der Waals surface area contributed by atoms with Gasteiger partial charge in [-0.3, -0.25) is 0 Å². The molecule has 1 aliphatic carbocycles. The standard InChI is InChI=1S/C30H22BrN/c31-25-15-10-23(11-16-25)24-14-19-30-28(20-24)27-8-4-5-9-29(27)32(30)26-17-12-22(13-18-26)21-6-2-1-3-7-21/h1-6,8-21H,7H2. The lowest BCUT2D eigenvalue weighted by atomic mass is 9.92. The van der Waals surface area contributed by atoms with Crippen LogP contribution in [-0.2, 0) is 0 Å². The van der Waals surface area contributed by atoms with Gasteiger partial charge in [-0.05, 0) is 65.6 Å². The van der Waals surface area contributed by atoms with Gasteiger partial charge in [-0.25, -0.2) is 0 Å². The monoisotopic (exact) mass is 475 g/mol. The molecule has 1 heterocycles. The summed E-state index contributed by atoms with van der Waals surface area (Å²) in [5, 5.41) is 2.57. The molecular weight excluding hydrogens is 454 g/mol. The Labute approximate surface area is 196 Å². The number of allylic oxidation sites excluding steroid dienone is 4. The summed E-state index contributed by atoms with van der Waals surface area (Å²) in [4.78, 5) is 0. The van der Waals surface area contributed by atoms with Crippen LogP contribution in [0, 0.1) is 0 Å². The number of benzene rings is 4. The van der Waals surface area contributed by atoms with Gasteiger partial charge < -0.3 is 4.57 Å². The van der Waals surface area contributed by atoms with Gasteiger partial charge in [0.1, 0.15) is 0 Å². The van der Waals surface area contributed by atoms with Gasteiger partial charge in [0.25, 0.3) is 0 Å². The summed E-state index contributed by atoms with van der Waals surface area (Å²) in [7, 11) is 0. The van der Waals surface area contributed by atoms with Gasteiger partial charge in [-0.2, -0.15) is 0 Å². The summed E-state index contributed by atoms with van der Waals surface area (Å²) in [6.45, 7) is 0. The van der Waals surface area contributed by atoms with Crippen LogP contribution in [0.1, 0.15) is 17.9 Å². The number of fused-ring (bicyclic) bond motifs is 3. The first-order valence-corrected chi connectivity index (χ1v) is 11.8. The first kappa shape index (κ1) is 19.3. The first-order valence-electron chi connectivity index (χ1n) is 11.0. The van der Waals surface area contributed by atoms with Crippen molar-refractivity contribution >= 4 is 37.7 Å². The molecule has 1 aliphatic rings. The third-order valence-corrected chi connectivity index (χ3v) is 6.94. The maximum atomic E-state index is 3.54. The second-order valence-electron chi connectivity index (χ2n) is 8.34. The highest BCUT2D eigenvalue weighted by atomic mass is 79.9. The summed E-state index contributed by atoms with van der Waals surface area (Å²) < 4.78 is 3.48. The van der Waals surface area contributed by atoms with Crippen LogP contribution in [0.2, 0.25) is 0 Å². The van der Waals surface area contributed by atoms with E-state index in [1.807, 2.05) is 0 Å². The van der Waals surface area contributed by atoms with Gasteiger partial charge in [0.15, 0.2) is 0 Å². The van der Waals surface area contributed by atoms with E-state index in [0.29, 0.717) is 5.92 Å². The maximum absolute atomic E-state index is 3.54. The van der Waals surface area contributed by atoms with Crippen molar-refractivity contribution in [3.05, 3.63) is 125 Å². The van der Waals surface area contributed by atoms with Crippen molar-refractivity contribution in [2.75, 3.05) is 0 Å². The Balaban J connectivity index is 1.49. The predicted octanol–water partition coefficient (Wildman–Crippen LogP) is 8.81. The highest BCUT2D eigenvalue weighted by Gasteiger charge is 2.14. The molecular formula is C30H22BrN. The van der Waals surface area contributed by atoms with Crippen LogP contribution in [0.25, 0.3) is 38.6 Å². The zero-order chi connectivity index (χ0) is 21.5. The molecule has 154 valence electrons. The lowest BCUT2D eigenvalue weighted by Gasteiger charge is -2.15. The molecule has 0 amide bonds. The zero-order valence-electron chi connectivity index (χ0n) is 17.6. The van der Waals surface area contributed by atoms with E-state index in [1.54, 1.807) is 0 Å². The Hall–Kier alpha value is -3.36.